The van der Waals surface area contributed by atoms with Crippen molar-refractivity contribution in [2.24, 2.45) is 0 Å². The second-order valence-electron chi connectivity index (χ2n) is 7.25. The number of hydrogen-bond donors (Lipinski definition) is 1. The van der Waals surface area contributed by atoms with Gasteiger partial charge in [0.25, 0.3) is 0 Å². The zero-order valence-corrected chi connectivity index (χ0v) is 20.9. The van der Waals surface area contributed by atoms with Crippen LogP contribution in [0.3, 0.4) is 0 Å². The Morgan fingerprint density at radius 2 is 0.571 bits per heavy atom. The van der Waals surface area contributed by atoms with E-state index < -0.39 is 0 Å². The fourth-order valence-electron chi connectivity index (χ4n) is 3.95. The van der Waals surface area contributed by atoms with Gasteiger partial charge in [0.1, 0.15) is 0 Å². The number of benzene rings is 4. The molecule has 0 atom stereocenters. The summed E-state index contributed by atoms with van der Waals surface area (Å²) in [4.78, 5) is 23.8. The van der Waals surface area contributed by atoms with Crippen LogP contribution < -0.4 is 0 Å². The third-order valence-corrected chi connectivity index (χ3v) is 5.27. The monoisotopic (exact) mass is 468 g/mol. The zero-order chi connectivity index (χ0) is 25.8. The first-order valence-electron chi connectivity index (χ1n) is 11.5. The Labute approximate surface area is 207 Å². The fraction of sp³-hybridized carbons (Fsp3) is 0.161. The van der Waals surface area contributed by atoms with Crippen molar-refractivity contribution >= 4 is 11.6 Å². The van der Waals surface area contributed by atoms with E-state index in [9.17, 15) is 9.59 Å². The standard InChI is InChI=1S/2C13H8O.C2H6O.C2H6.CH4O/c2*14-13-11-7-3-1-5-9(11)10-6-2-4-8-12(10)13;1-3-2;2*1-2/h2*1-8H;1-2H3;1-2H3;2H,1H3. The van der Waals surface area contributed by atoms with E-state index >= 15 is 0 Å². The molecule has 0 aromatic heterocycles. The Bertz CT molecular complexity index is 1080. The summed E-state index contributed by atoms with van der Waals surface area (Å²) in [6, 6.07) is 31.0. The molecular formula is C31H32O4. The van der Waals surface area contributed by atoms with Gasteiger partial charge in [-0.05, 0) is 22.3 Å². The fourth-order valence-corrected chi connectivity index (χ4v) is 3.95. The molecular weight excluding hydrogens is 436 g/mol. The lowest BCUT2D eigenvalue weighted by atomic mass is 10.1. The predicted octanol–water partition coefficient (Wildman–Crippen LogP) is 6.69. The van der Waals surface area contributed by atoms with Crippen LogP contribution in [0.15, 0.2) is 97.1 Å². The number of ketones is 2. The summed E-state index contributed by atoms with van der Waals surface area (Å²) < 4.78 is 4.25. The van der Waals surface area contributed by atoms with Crippen LogP contribution in [0, 0.1) is 0 Å². The topological polar surface area (TPSA) is 63.6 Å². The largest absolute Gasteiger partial charge is 0.400 e. The van der Waals surface area contributed by atoms with Gasteiger partial charge in [-0.1, -0.05) is 111 Å². The quantitative estimate of drug-likeness (QED) is 0.270. The molecule has 0 saturated carbocycles. The third-order valence-electron chi connectivity index (χ3n) is 5.27. The maximum atomic E-state index is 11.9. The van der Waals surface area contributed by atoms with Gasteiger partial charge < -0.3 is 9.84 Å². The summed E-state index contributed by atoms with van der Waals surface area (Å²) in [6.07, 6.45) is 0. The average Bonchev–Trinajstić information content (AvgIpc) is 3.40. The van der Waals surface area contributed by atoms with Gasteiger partial charge in [0, 0.05) is 43.6 Å². The molecule has 0 heterocycles. The van der Waals surface area contributed by atoms with Gasteiger partial charge >= 0.3 is 0 Å². The molecule has 0 aliphatic heterocycles. The molecule has 0 spiro atoms. The number of hydrogen-bond acceptors (Lipinski definition) is 4. The van der Waals surface area contributed by atoms with Crippen molar-refractivity contribution in [3.8, 4) is 22.3 Å². The van der Waals surface area contributed by atoms with Crippen molar-refractivity contribution in [2.75, 3.05) is 21.3 Å². The Kier molecular flexibility index (Phi) is 10.8. The highest BCUT2D eigenvalue weighted by atomic mass is 16.4. The molecule has 0 unspecified atom stereocenters. The van der Waals surface area contributed by atoms with Crippen LogP contribution in [-0.4, -0.2) is 38.0 Å². The number of fused-ring (bicyclic) bond motifs is 6. The molecule has 4 aromatic rings. The number of carbonyl (C=O) groups excluding carboxylic acids is 2. The molecule has 0 fully saturated rings. The summed E-state index contributed by atoms with van der Waals surface area (Å²) in [5.74, 6) is 0.299. The molecule has 4 nitrogen and oxygen atoms in total. The van der Waals surface area contributed by atoms with Crippen LogP contribution in [-0.2, 0) is 4.74 Å². The lowest BCUT2D eigenvalue weighted by Crippen LogP contribution is -1.93. The van der Waals surface area contributed by atoms with Gasteiger partial charge in [0.2, 0.25) is 0 Å². The Morgan fingerprint density at radius 3 is 0.743 bits per heavy atom. The summed E-state index contributed by atoms with van der Waals surface area (Å²) >= 11 is 0. The first-order chi connectivity index (χ1) is 17.2. The average molecular weight is 469 g/mol. The SMILES string of the molecule is CC.CO.COC.O=C1c2ccccc2-c2ccccc21.O=C1c2ccccc2-c2ccccc21. The zero-order valence-electron chi connectivity index (χ0n) is 20.9. The van der Waals surface area contributed by atoms with Gasteiger partial charge in [-0.3, -0.25) is 9.59 Å². The molecule has 6 rings (SSSR count). The molecule has 0 amide bonds. The highest BCUT2D eigenvalue weighted by molar-refractivity contribution is 6.22. The first-order valence-corrected chi connectivity index (χ1v) is 11.5. The van der Waals surface area contributed by atoms with E-state index in [1.165, 1.54) is 0 Å². The minimum Gasteiger partial charge on any atom is -0.400 e. The Morgan fingerprint density at radius 1 is 0.429 bits per heavy atom. The van der Waals surface area contributed by atoms with E-state index in [0.29, 0.717) is 0 Å². The van der Waals surface area contributed by atoms with Crippen molar-refractivity contribution < 1.29 is 19.4 Å². The summed E-state index contributed by atoms with van der Waals surface area (Å²) in [7, 11) is 4.25. The molecule has 2 aliphatic carbocycles. The van der Waals surface area contributed by atoms with Gasteiger partial charge in [-0.25, -0.2) is 0 Å². The lowest BCUT2D eigenvalue weighted by Gasteiger charge is -1.96. The van der Waals surface area contributed by atoms with Crippen LogP contribution in [0.5, 0.6) is 0 Å². The molecule has 2 aliphatic rings. The van der Waals surface area contributed by atoms with E-state index in [4.69, 9.17) is 5.11 Å². The first kappa shape index (κ1) is 27.4. The molecule has 0 saturated heterocycles. The number of carbonyl (C=O) groups is 2. The maximum absolute atomic E-state index is 11.9. The Balaban J connectivity index is 0.000000198. The summed E-state index contributed by atoms with van der Waals surface area (Å²) in [5.41, 5.74) is 7.56. The lowest BCUT2D eigenvalue weighted by molar-refractivity contribution is 0.103. The maximum Gasteiger partial charge on any atom is 0.194 e. The number of ether oxygens (including phenoxy) is 1. The van der Waals surface area contributed by atoms with Gasteiger partial charge in [-0.2, -0.15) is 0 Å². The molecule has 0 bridgehead atoms. The van der Waals surface area contributed by atoms with Crippen molar-refractivity contribution in [1.82, 2.24) is 0 Å². The Hall–Kier alpha value is -3.86. The number of rotatable bonds is 0. The van der Waals surface area contributed by atoms with Crippen molar-refractivity contribution in [2.45, 2.75) is 13.8 Å². The van der Waals surface area contributed by atoms with Crippen molar-refractivity contribution in [1.29, 1.82) is 0 Å². The van der Waals surface area contributed by atoms with E-state index in [2.05, 4.69) is 4.74 Å². The number of methoxy groups -OCH3 is 1. The van der Waals surface area contributed by atoms with Crippen molar-refractivity contribution in [3.63, 3.8) is 0 Å². The van der Waals surface area contributed by atoms with E-state index in [-0.39, 0.29) is 11.6 Å². The van der Waals surface area contributed by atoms with Crippen LogP contribution >= 0.6 is 0 Å². The number of aliphatic hydroxyl groups is 1. The molecule has 180 valence electrons. The second-order valence-corrected chi connectivity index (χ2v) is 7.25. The summed E-state index contributed by atoms with van der Waals surface area (Å²) in [6.45, 7) is 4.00. The van der Waals surface area contributed by atoms with Gasteiger partial charge in [-0.15, -0.1) is 0 Å². The molecule has 4 heteroatoms. The van der Waals surface area contributed by atoms with Crippen LogP contribution in [0.1, 0.15) is 45.7 Å². The summed E-state index contributed by atoms with van der Waals surface area (Å²) in [5, 5.41) is 7.00. The number of aliphatic hydroxyl groups excluding tert-OH is 1. The molecule has 1 N–H and O–H groups in total. The van der Waals surface area contributed by atoms with Gasteiger partial charge in [0.15, 0.2) is 11.6 Å². The van der Waals surface area contributed by atoms with E-state index in [1.807, 2.05) is 111 Å². The molecule has 35 heavy (non-hydrogen) atoms. The molecule has 4 aromatic carbocycles. The van der Waals surface area contributed by atoms with Crippen LogP contribution in [0.2, 0.25) is 0 Å². The van der Waals surface area contributed by atoms with E-state index in [1.54, 1.807) is 14.2 Å². The highest BCUT2D eigenvalue weighted by Gasteiger charge is 2.25. The van der Waals surface area contributed by atoms with E-state index in [0.717, 1.165) is 51.6 Å². The van der Waals surface area contributed by atoms with Gasteiger partial charge in [0.05, 0.1) is 0 Å². The third kappa shape index (κ3) is 5.80. The predicted molar refractivity (Wildman–Crippen MR) is 143 cm³/mol. The van der Waals surface area contributed by atoms with Crippen LogP contribution in [0.4, 0.5) is 0 Å². The molecule has 0 radical (unpaired) electrons. The normalized spacial score (nSPS) is 10.8. The smallest absolute Gasteiger partial charge is 0.194 e. The van der Waals surface area contributed by atoms with Crippen molar-refractivity contribution in [3.05, 3.63) is 119 Å². The minimum absolute atomic E-state index is 0.149. The van der Waals surface area contributed by atoms with Crippen LogP contribution in [0.25, 0.3) is 22.3 Å². The minimum atomic E-state index is 0.149. The second kappa shape index (κ2) is 13.8. The highest BCUT2D eigenvalue weighted by Crippen LogP contribution is 2.36.